The first-order valence-electron chi connectivity index (χ1n) is 10.9. The number of allylic oxidation sites excluding steroid dienone is 5. The second-order valence-corrected chi connectivity index (χ2v) is 8.33. The van der Waals surface area contributed by atoms with E-state index in [9.17, 15) is 0 Å². The molecule has 29 heavy (non-hydrogen) atoms. The van der Waals surface area contributed by atoms with E-state index >= 15 is 0 Å². The molecule has 4 heteroatoms. The summed E-state index contributed by atoms with van der Waals surface area (Å²) >= 11 is 0. The van der Waals surface area contributed by atoms with Crippen molar-refractivity contribution >= 4 is 17.6 Å². The van der Waals surface area contributed by atoms with Crippen LogP contribution in [0.15, 0.2) is 69.4 Å². The van der Waals surface area contributed by atoms with Crippen LogP contribution in [0.4, 0.5) is 5.69 Å². The van der Waals surface area contributed by atoms with Gasteiger partial charge in [0.2, 0.25) is 0 Å². The monoisotopic (exact) mass is 388 g/mol. The van der Waals surface area contributed by atoms with E-state index in [4.69, 9.17) is 4.99 Å². The van der Waals surface area contributed by atoms with Crippen LogP contribution in [0.3, 0.4) is 0 Å². The van der Waals surface area contributed by atoms with Crippen LogP contribution in [-0.4, -0.2) is 25.5 Å². The van der Waals surface area contributed by atoms with Crippen LogP contribution in [0.2, 0.25) is 0 Å². The maximum atomic E-state index is 4.82. The highest BCUT2D eigenvalue weighted by atomic mass is 14.9. The van der Waals surface area contributed by atoms with Crippen LogP contribution in [0, 0.1) is 11.8 Å². The van der Waals surface area contributed by atoms with Gasteiger partial charge < -0.3 is 10.6 Å². The van der Waals surface area contributed by atoms with Crippen molar-refractivity contribution in [3.63, 3.8) is 0 Å². The van der Waals surface area contributed by atoms with E-state index in [2.05, 4.69) is 65.9 Å². The molecule has 2 heterocycles. The zero-order chi connectivity index (χ0) is 20.2. The number of aliphatic imine (C=N–C) groups is 2. The average Bonchev–Trinajstić information content (AvgIpc) is 3.16. The Morgan fingerprint density at radius 2 is 2.21 bits per heavy atom. The Morgan fingerprint density at radius 3 is 2.97 bits per heavy atom. The van der Waals surface area contributed by atoms with E-state index in [1.807, 2.05) is 19.5 Å². The summed E-state index contributed by atoms with van der Waals surface area (Å²) in [4.78, 5) is 9.05. The highest BCUT2D eigenvalue weighted by Crippen LogP contribution is 2.38. The lowest BCUT2D eigenvalue weighted by Crippen LogP contribution is -2.28. The van der Waals surface area contributed by atoms with Crippen LogP contribution >= 0.6 is 0 Å². The third-order valence-electron chi connectivity index (χ3n) is 6.17. The van der Waals surface area contributed by atoms with Gasteiger partial charge >= 0.3 is 0 Å². The van der Waals surface area contributed by atoms with Gasteiger partial charge in [-0.1, -0.05) is 37.6 Å². The smallest absolute Gasteiger partial charge is 0.0710 e. The van der Waals surface area contributed by atoms with Gasteiger partial charge in [0.15, 0.2) is 0 Å². The Kier molecular flexibility index (Phi) is 6.10. The van der Waals surface area contributed by atoms with Crippen LogP contribution in [0.5, 0.6) is 0 Å². The number of nitrogens with one attached hydrogen (secondary N) is 2. The highest BCUT2D eigenvalue weighted by molar-refractivity contribution is 6.09. The molecular weight excluding hydrogens is 356 g/mol. The van der Waals surface area contributed by atoms with Crippen molar-refractivity contribution in [2.24, 2.45) is 21.8 Å². The fraction of sp³-hybridized carbons (Fsp3) is 0.440. The Labute approximate surface area is 174 Å². The van der Waals surface area contributed by atoms with Crippen molar-refractivity contribution in [3.8, 4) is 0 Å². The first-order chi connectivity index (χ1) is 14.2. The average molecular weight is 389 g/mol. The molecule has 3 atom stereocenters. The lowest BCUT2D eigenvalue weighted by atomic mass is 9.79. The Balaban J connectivity index is 1.54. The molecule has 1 aromatic carbocycles. The maximum Gasteiger partial charge on any atom is 0.0710 e. The number of rotatable bonds is 5. The molecule has 3 unspecified atom stereocenters. The fourth-order valence-corrected chi connectivity index (χ4v) is 4.73. The van der Waals surface area contributed by atoms with Crippen LogP contribution in [0.1, 0.15) is 51.1 Å². The summed E-state index contributed by atoms with van der Waals surface area (Å²) in [5.74, 6) is 0.840. The van der Waals surface area contributed by atoms with Gasteiger partial charge in [-0.2, -0.15) is 0 Å². The molecule has 2 N–H and O–H groups in total. The lowest BCUT2D eigenvalue weighted by molar-refractivity contribution is 0.412. The van der Waals surface area contributed by atoms with Crippen LogP contribution < -0.4 is 10.6 Å². The van der Waals surface area contributed by atoms with Crippen molar-refractivity contribution in [1.82, 2.24) is 5.32 Å². The van der Waals surface area contributed by atoms with Gasteiger partial charge in [-0.3, -0.25) is 9.98 Å². The molecule has 1 aromatic rings. The molecule has 4 nitrogen and oxygen atoms in total. The van der Waals surface area contributed by atoms with Crippen LogP contribution in [0.25, 0.3) is 0 Å². The minimum Gasteiger partial charge on any atom is -0.354 e. The van der Waals surface area contributed by atoms with Gasteiger partial charge in [-0.15, -0.1) is 0 Å². The number of piperidine rings is 1. The zero-order valence-electron chi connectivity index (χ0n) is 17.8. The van der Waals surface area contributed by atoms with E-state index in [0.29, 0.717) is 17.9 Å². The Morgan fingerprint density at radius 1 is 1.31 bits per heavy atom. The standard InChI is InChI=1S/C25H32N4/c1-4-18(15-26-3)22-16-28-25-21(22)12-17(2)13-24(25)29-20-9-7-8-19(14-20)23-10-5-6-11-27-23/h4,7-9,13-17,21,23,27,29H,5-6,10-12H2,1-3H3/b18-4+,26-15?. The summed E-state index contributed by atoms with van der Waals surface area (Å²) in [5.41, 5.74) is 7.29. The van der Waals surface area contributed by atoms with Crippen molar-refractivity contribution < 1.29 is 0 Å². The molecule has 1 saturated heterocycles. The molecule has 4 rings (SSSR count). The van der Waals surface area contributed by atoms with Gasteiger partial charge in [0.1, 0.15) is 0 Å². The molecule has 1 aliphatic carbocycles. The summed E-state index contributed by atoms with van der Waals surface area (Å²) in [5, 5.41) is 7.34. The molecular formula is C25H32N4. The fourth-order valence-electron chi connectivity index (χ4n) is 4.73. The van der Waals surface area contributed by atoms with Crippen LogP contribution in [-0.2, 0) is 0 Å². The predicted molar refractivity (Wildman–Crippen MR) is 124 cm³/mol. The number of hydrogen-bond donors (Lipinski definition) is 2. The molecule has 0 aromatic heterocycles. The molecule has 0 saturated carbocycles. The SMILES string of the molecule is C/C=C(\C=NC)C1=CN=C2C(Nc3cccc(C4CCCCN4)c3)=CC(C)CC12. The summed E-state index contributed by atoms with van der Waals surface area (Å²) in [7, 11) is 1.82. The number of fused-ring (bicyclic) bond motifs is 1. The number of anilines is 1. The number of hydrogen-bond acceptors (Lipinski definition) is 4. The second-order valence-electron chi connectivity index (χ2n) is 8.33. The second kappa shape index (κ2) is 8.91. The van der Waals surface area contributed by atoms with Crippen molar-refractivity contribution in [2.75, 3.05) is 18.9 Å². The molecule has 0 radical (unpaired) electrons. The highest BCUT2D eigenvalue weighted by Gasteiger charge is 2.33. The van der Waals surface area contributed by atoms with E-state index in [-0.39, 0.29) is 0 Å². The first kappa shape index (κ1) is 19.8. The minimum atomic E-state index is 0.338. The van der Waals surface area contributed by atoms with E-state index in [0.717, 1.165) is 30.1 Å². The van der Waals surface area contributed by atoms with E-state index in [1.165, 1.54) is 36.0 Å². The predicted octanol–water partition coefficient (Wildman–Crippen LogP) is 5.44. The van der Waals surface area contributed by atoms with E-state index in [1.54, 1.807) is 0 Å². The zero-order valence-corrected chi connectivity index (χ0v) is 17.8. The topological polar surface area (TPSA) is 48.8 Å². The Bertz CT molecular complexity index is 897. The molecule has 2 aliphatic heterocycles. The van der Waals surface area contributed by atoms with Gasteiger partial charge in [-0.25, -0.2) is 0 Å². The third kappa shape index (κ3) is 4.27. The molecule has 3 aliphatic rings. The minimum absolute atomic E-state index is 0.338. The maximum absolute atomic E-state index is 4.82. The summed E-state index contributed by atoms with van der Waals surface area (Å²) in [6.07, 6.45) is 13.3. The summed E-state index contributed by atoms with van der Waals surface area (Å²) in [6, 6.07) is 9.33. The summed E-state index contributed by atoms with van der Waals surface area (Å²) in [6.45, 7) is 5.48. The van der Waals surface area contributed by atoms with Crippen molar-refractivity contribution in [3.05, 3.63) is 65.0 Å². The molecule has 0 spiro atoms. The van der Waals surface area contributed by atoms with Gasteiger partial charge in [-0.05, 0) is 67.5 Å². The van der Waals surface area contributed by atoms with Crippen molar-refractivity contribution in [1.29, 1.82) is 0 Å². The number of nitrogens with zero attached hydrogens (tertiary/aromatic N) is 2. The van der Waals surface area contributed by atoms with E-state index < -0.39 is 0 Å². The molecule has 0 bridgehead atoms. The molecule has 0 amide bonds. The Hall–Kier alpha value is -2.46. The van der Waals surface area contributed by atoms with Crippen molar-refractivity contribution in [2.45, 2.75) is 45.6 Å². The largest absolute Gasteiger partial charge is 0.354 e. The number of benzene rings is 1. The van der Waals surface area contributed by atoms with Gasteiger partial charge in [0, 0.05) is 37.1 Å². The quantitative estimate of drug-likeness (QED) is 0.660. The summed E-state index contributed by atoms with van der Waals surface area (Å²) < 4.78 is 0. The molecule has 1 fully saturated rings. The van der Waals surface area contributed by atoms with Gasteiger partial charge in [0.25, 0.3) is 0 Å². The lowest BCUT2D eigenvalue weighted by Gasteiger charge is -2.28. The normalized spacial score (nSPS) is 27.3. The first-order valence-corrected chi connectivity index (χ1v) is 10.9. The van der Waals surface area contributed by atoms with Gasteiger partial charge in [0.05, 0.1) is 11.4 Å². The molecule has 152 valence electrons. The third-order valence-corrected chi connectivity index (χ3v) is 6.17.